The summed E-state index contributed by atoms with van der Waals surface area (Å²) in [5.74, 6) is 2.63. The molecule has 0 bridgehead atoms. The van der Waals surface area contributed by atoms with E-state index < -0.39 is 0 Å². The second-order valence-electron chi connectivity index (χ2n) is 3.53. The van der Waals surface area contributed by atoms with E-state index in [-0.39, 0.29) is 0 Å². The van der Waals surface area contributed by atoms with Crippen molar-refractivity contribution in [2.75, 3.05) is 6.61 Å². The molecule has 2 aliphatic carbocycles. The van der Waals surface area contributed by atoms with Crippen molar-refractivity contribution in [1.82, 2.24) is 0 Å². The van der Waals surface area contributed by atoms with Crippen LogP contribution >= 0.6 is 0 Å². The minimum absolute atomic E-state index is 0.446. The van der Waals surface area contributed by atoms with Crippen molar-refractivity contribution in [1.29, 1.82) is 0 Å². The van der Waals surface area contributed by atoms with Gasteiger partial charge >= 0.3 is 0 Å². The van der Waals surface area contributed by atoms with Gasteiger partial charge in [-0.1, -0.05) is 12.8 Å². The number of fused-ring (bicyclic) bond motifs is 1. The Morgan fingerprint density at radius 2 is 2.22 bits per heavy atom. The second kappa shape index (κ2) is 1.98. The topological polar surface area (TPSA) is 20.2 Å². The van der Waals surface area contributed by atoms with Crippen LogP contribution in [-0.4, -0.2) is 11.7 Å². The van der Waals surface area contributed by atoms with E-state index in [2.05, 4.69) is 0 Å². The zero-order chi connectivity index (χ0) is 6.27. The standard InChI is InChI=1S/C8H14O/c9-5-7-4-6-2-1-3-8(6)7/h6-9H,1-5H2/t6-,7?,8-/m1/s1. The van der Waals surface area contributed by atoms with Gasteiger partial charge in [-0.05, 0) is 30.6 Å². The van der Waals surface area contributed by atoms with Crippen molar-refractivity contribution in [3.05, 3.63) is 0 Å². The summed E-state index contributed by atoms with van der Waals surface area (Å²) in [6, 6.07) is 0. The Labute approximate surface area is 56.1 Å². The molecule has 2 aliphatic rings. The summed E-state index contributed by atoms with van der Waals surface area (Å²) in [5.41, 5.74) is 0. The highest BCUT2D eigenvalue weighted by Gasteiger charge is 2.42. The van der Waals surface area contributed by atoms with Crippen LogP contribution in [0.15, 0.2) is 0 Å². The first-order valence-electron chi connectivity index (χ1n) is 4.02. The maximum atomic E-state index is 8.83. The highest BCUT2D eigenvalue weighted by Crippen LogP contribution is 2.50. The molecule has 0 aromatic heterocycles. The molecule has 9 heavy (non-hydrogen) atoms. The minimum Gasteiger partial charge on any atom is -0.396 e. The maximum absolute atomic E-state index is 8.83. The molecule has 1 nitrogen and oxygen atoms in total. The number of aliphatic hydroxyl groups is 1. The van der Waals surface area contributed by atoms with Crippen LogP contribution in [0, 0.1) is 17.8 Å². The Kier molecular flexibility index (Phi) is 1.26. The van der Waals surface area contributed by atoms with E-state index in [0.717, 1.165) is 11.8 Å². The maximum Gasteiger partial charge on any atom is 0.0462 e. The van der Waals surface area contributed by atoms with E-state index in [1.807, 2.05) is 0 Å². The van der Waals surface area contributed by atoms with Gasteiger partial charge in [0.05, 0.1) is 0 Å². The summed E-state index contributed by atoms with van der Waals surface area (Å²) in [6.45, 7) is 0.446. The van der Waals surface area contributed by atoms with E-state index in [0.29, 0.717) is 12.5 Å². The minimum atomic E-state index is 0.446. The molecule has 0 aliphatic heterocycles. The van der Waals surface area contributed by atoms with E-state index in [9.17, 15) is 0 Å². The van der Waals surface area contributed by atoms with Gasteiger partial charge in [-0.2, -0.15) is 0 Å². The first kappa shape index (κ1) is 5.72. The lowest BCUT2D eigenvalue weighted by molar-refractivity contribution is 0.0454. The van der Waals surface area contributed by atoms with Crippen LogP contribution in [-0.2, 0) is 0 Å². The molecule has 2 fully saturated rings. The molecule has 1 heteroatoms. The van der Waals surface area contributed by atoms with Crippen LogP contribution in [0.25, 0.3) is 0 Å². The average Bonchev–Trinajstić information content (AvgIpc) is 2.14. The predicted octanol–water partition coefficient (Wildman–Crippen LogP) is 1.41. The molecule has 1 unspecified atom stereocenters. The smallest absolute Gasteiger partial charge is 0.0462 e. The van der Waals surface area contributed by atoms with Gasteiger partial charge in [-0.25, -0.2) is 0 Å². The van der Waals surface area contributed by atoms with Crippen LogP contribution in [0.2, 0.25) is 0 Å². The lowest BCUT2D eigenvalue weighted by Gasteiger charge is -2.39. The molecule has 1 N–H and O–H groups in total. The molecule has 0 spiro atoms. The fourth-order valence-electron chi connectivity index (χ4n) is 2.56. The molecule has 2 rings (SSSR count). The Bertz CT molecular complexity index is 111. The van der Waals surface area contributed by atoms with Gasteiger partial charge in [-0.3, -0.25) is 0 Å². The molecular formula is C8H14O. The zero-order valence-corrected chi connectivity index (χ0v) is 5.71. The highest BCUT2D eigenvalue weighted by molar-refractivity contribution is 4.92. The van der Waals surface area contributed by atoms with Gasteiger partial charge in [-0.15, -0.1) is 0 Å². The summed E-state index contributed by atoms with van der Waals surface area (Å²) in [5, 5.41) is 8.83. The third-order valence-corrected chi connectivity index (χ3v) is 3.16. The lowest BCUT2D eigenvalue weighted by atomic mass is 9.67. The second-order valence-corrected chi connectivity index (χ2v) is 3.53. The van der Waals surface area contributed by atoms with Gasteiger partial charge < -0.3 is 5.11 Å². The average molecular weight is 126 g/mol. The van der Waals surface area contributed by atoms with Gasteiger partial charge in [0.25, 0.3) is 0 Å². The Hall–Kier alpha value is -0.0400. The molecule has 0 saturated heterocycles. The van der Waals surface area contributed by atoms with Gasteiger partial charge in [0.1, 0.15) is 0 Å². The summed E-state index contributed by atoms with van der Waals surface area (Å²) in [7, 11) is 0. The fraction of sp³-hybridized carbons (Fsp3) is 1.00. The lowest BCUT2D eigenvalue weighted by Crippen LogP contribution is -2.34. The van der Waals surface area contributed by atoms with Crippen molar-refractivity contribution >= 4 is 0 Å². The van der Waals surface area contributed by atoms with E-state index in [1.54, 1.807) is 0 Å². The van der Waals surface area contributed by atoms with Crippen molar-refractivity contribution in [3.63, 3.8) is 0 Å². The van der Waals surface area contributed by atoms with Crippen LogP contribution in [0.1, 0.15) is 25.7 Å². The number of hydrogen-bond donors (Lipinski definition) is 1. The first-order chi connectivity index (χ1) is 4.42. The molecule has 2 saturated carbocycles. The van der Waals surface area contributed by atoms with Crippen molar-refractivity contribution in [2.45, 2.75) is 25.7 Å². The van der Waals surface area contributed by atoms with Crippen molar-refractivity contribution < 1.29 is 5.11 Å². The van der Waals surface area contributed by atoms with Crippen molar-refractivity contribution in [2.24, 2.45) is 17.8 Å². The van der Waals surface area contributed by atoms with Crippen LogP contribution in [0.3, 0.4) is 0 Å². The summed E-state index contributed by atoms with van der Waals surface area (Å²) in [4.78, 5) is 0. The first-order valence-corrected chi connectivity index (χ1v) is 4.02. The molecule has 0 radical (unpaired) electrons. The predicted molar refractivity (Wildman–Crippen MR) is 36.0 cm³/mol. The SMILES string of the molecule is OCC1C[C@H]2CCC[C@@H]12. The van der Waals surface area contributed by atoms with Gasteiger partial charge in [0, 0.05) is 6.61 Å². The number of hydrogen-bond acceptors (Lipinski definition) is 1. The summed E-state index contributed by atoms with van der Waals surface area (Å²) < 4.78 is 0. The molecule has 0 aromatic rings. The Balaban J connectivity index is 1.93. The molecule has 0 heterocycles. The third-order valence-electron chi connectivity index (χ3n) is 3.16. The number of aliphatic hydroxyl groups excluding tert-OH is 1. The molecule has 0 aromatic carbocycles. The van der Waals surface area contributed by atoms with Crippen LogP contribution in [0.5, 0.6) is 0 Å². The van der Waals surface area contributed by atoms with E-state index >= 15 is 0 Å². The molecule has 52 valence electrons. The molecule has 3 atom stereocenters. The van der Waals surface area contributed by atoms with Crippen LogP contribution < -0.4 is 0 Å². The normalized spacial score (nSPS) is 48.3. The van der Waals surface area contributed by atoms with Gasteiger partial charge in [0.15, 0.2) is 0 Å². The fourth-order valence-corrected chi connectivity index (χ4v) is 2.56. The Morgan fingerprint density at radius 1 is 1.33 bits per heavy atom. The molecular weight excluding hydrogens is 112 g/mol. The largest absolute Gasteiger partial charge is 0.396 e. The summed E-state index contributed by atoms with van der Waals surface area (Å²) >= 11 is 0. The zero-order valence-electron chi connectivity index (χ0n) is 5.71. The highest BCUT2D eigenvalue weighted by atomic mass is 16.3. The quantitative estimate of drug-likeness (QED) is 0.563. The van der Waals surface area contributed by atoms with Crippen LogP contribution in [0.4, 0.5) is 0 Å². The number of rotatable bonds is 1. The van der Waals surface area contributed by atoms with E-state index in [1.165, 1.54) is 25.7 Å². The monoisotopic (exact) mass is 126 g/mol. The van der Waals surface area contributed by atoms with E-state index in [4.69, 9.17) is 5.11 Å². The third kappa shape index (κ3) is 0.710. The summed E-state index contributed by atoms with van der Waals surface area (Å²) in [6.07, 6.45) is 5.59. The van der Waals surface area contributed by atoms with Crippen molar-refractivity contribution in [3.8, 4) is 0 Å². The van der Waals surface area contributed by atoms with Gasteiger partial charge in [0.2, 0.25) is 0 Å². The Morgan fingerprint density at radius 3 is 2.89 bits per heavy atom. The molecule has 0 amide bonds.